The summed E-state index contributed by atoms with van der Waals surface area (Å²) in [6.07, 6.45) is 0. The average molecular weight is 491 g/mol. The van der Waals surface area contributed by atoms with Crippen molar-refractivity contribution in [1.29, 1.82) is 0 Å². The van der Waals surface area contributed by atoms with E-state index in [4.69, 9.17) is 23.2 Å². The van der Waals surface area contributed by atoms with Gasteiger partial charge in [0.05, 0.1) is 17.5 Å². The molecule has 0 spiro atoms. The standard InChI is InChI=1S/C24H24Cl2N2O3S/c1-17-6-12-23(13-7-17)32(30,31)28(15-19-4-3-5-22(26)14-19)16-24(29)27-18(2)20-8-10-21(25)11-9-20/h3-14,18H,15-16H2,1-2H3,(H,27,29)/t18-/m1/s1. The summed E-state index contributed by atoms with van der Waals surface area (Å²) in [7, 11) is -3.92. The predicted octanol–water partition coefficient (Wildman–Crippen LogP) is 5.37. The summed E-state index contributed by atoms with van der Waals surface area (Å²) in [6, 6.07) is 20.3. The molecule has 3 aromatic carbocycles. The van der Waals surface area contributed by atoms with Crippen molar-refractivity contribution >= 4 is 39.1 Å². The maximum absolute atomic E-state index is 13.4. The van der Waals surface area contributed by atoms with Gasteiger partial charge in [-0.25, -0.2) is 8.42 Å². The lowest BCUT2D eigenvalue weighted by molar-refractivity contribution is -0.122. The highest BCUT2D eigenvalue weighted by atomic mass is 35.5. The van der Waals surface area contributed by atoms with Crippen LogP contribution in [0.4, 0.5) is 0 Å². The molecule has 0 fully saturated rings. The number of sulfonamides is 1. The van der Waals surface area contributed by atoms with E-state index in [1.165, 1.54) is 0 Å². The molecule has 1 amide bonds. The molecule has 32 heavy (non-hydrogen) atoms. The van der Waals surface area contributed by atoms with Gasteiger partial charge >= 0.3 is 0 Å². The van der Waals surface area contributed by atoms with Gasteiger partial charge in [0.2, 0.25) is 15.9 Å². The average Bonchev–Trinajstić information content (AvgIpc) is 2.74. The highest BCUT2D eigenvalue weighted by molar-refractivity contribution is 7.89. The predicted molar refractivity (Wildman–Crippen MR) is 128 cm³/mol. The number of nitrogens with one attached hydrogen (secondary N) is 1. The Kier molecular flexibility index (Phi) is 7.96. The number of carbonyl (C=O) groups excluding carboxylic acids is 1. The Morgan fingerprint density at radius 1 is 0.969 bits per heavy atom. The van der Waals surface area contributed by atoms with Gasteiger partial charge in [0.15, 0.2) is 0 Å². The van der Waals surface area contributed by atoms with E-state index < -0.39 is 15.9 Å². The van der Waals surface area contributed by atoms with Gasteiger partial charge in [0, 0.05) is 16.6 Å². The van der Waals surface area contributed by atoms with Crippen LogP contribution >= 0.6 is 23.2 Å². The lowest BCUT2D eigenvalue weighted by Crippen LogP contribution is -2.41. The smallest absolute Gasteiger partial charge is 0.243 e. The van der Waals surface area contributed by atoms with E-state index >= 15 is 0 Å². The van der Waals surface area contributed by atoms with Crippen molar-refractivity contribution in [3.05, 3.63) is 99.5 Å². The van der Waals surface area contributed by atoms with Crippen LogP contribution < -0.4 is 5.32 Å². The van der Waals surface area contributed by atoms with Gasteiger partial charge in [-0.15, -0.1) is 0 Å². The Morgan fingerprint density at radius 2 is 1.62 bits per heavy atom. The van der Waals surface area contributed by atoms with E-state index in [0.29, 0.717) is 15.6 Å². The molecule has 0 aliphatic rings. The molecule has 5 nitrogen and oxygen atoms in total. The van der Waals surface area contributed by atoms with Gasteiger partial charge in [0.25, 0.3) is 0 Å². The number of hydrogen-bond acceptors (Lipinski definition) is 3. The molecule has 168 valence electrons. The monoisotopic (exact) mass is 490 g/mol. The first kappa shape index (κ1) is 24.3. The fourth-order valence-electron chi connectivity index (χ4n) is 3.21. The summed E-state index contributed by atoms with van der Waals surface area (Å²) in [4.78, 5) is 13.0. The van der Waals surface area contributed by atoms with Gasteiger partial charge in [-0.3, -0.25) is 4.79 Å². The molecule has 1 N–H and O–H groups in total. The molecule has 0 aliphatic heterocycles. The molecule has 0 unspecified atom stereocenters. The second-order valence-electron chi connectivity index (χ2n) is 7.56. The third kappa shape index (κ3) is 6.33. The quantitative estimate of drug-likeness (QED) is 0.461. The van der Waals surface area contributed by atoms with Gasteiger partial charge < -0.3 is 5.32 Å². The molecule has 0 aromatic heterocycles. The van der Waals surface area contributed by atoms with Crippen LogP contribution in [-0.4, -0.2) is 25.2 Å². The van der Waals surface area contributed by atoms with Crippen LogP contribution in [0.5, 0.6) is 0 Å². The zero-order valence-corrected chi connectivity index (χ0v) is 20.1. The Balaban J connectivity index is 1.83. The van der Waals surface area contributed by atoms with Crippen LogP contribution in [0.15, 0.2) is 77.7 Å². The maximum Gasteiger partial charge on any atom is 0.243 e. The second kappa shape index (κ2) is 10.5. The fraction of sp³-hybridized carbons (Fsp3) is 0.208. The van der Waals surface area contributed by atoms with E-state index in [-0.39, 0.29) is 24.0 Å². The third-order valence-corrected chi connectivity index (χ3v) is 7.27. The number of halogens is 2. The van der Waals surface area contributed by atoms with Crippen LogP contribution in [0.3, 0.4) is 0 Å². The minimum atomic E-state index is -3.92. The van der Waals surface area contributed by atoms with Gasteiger partial charge in [-0.1, -0.05) is 65.2 Å². The van der Waals surface area contributed by atoms with Crippen molar-refractivity contribution in [3.63, 3.8) is 0 Å². The molecular weight excluding hydrogens is 467 g/mol. The molecule has 8 heteroatoms. The van der Waals surface area contributed by atoms with Gasteiger partial charge in [-0.05, 0) is 61.4 Å². The topological polar surface area (TPSA) is 66.5 Å². The number of rotatable bonds is 8. The molecule has 0 bridgehead atoms. The Hall–Kier alpha value is -2.38. The van der Waals surface area contributed by atoms with Crippen molar-refractivity contribution in [2.45, 2.75) is 31.3 Å². The molecule has 0 heterocycles. The van der Waals surface area contributed by atoms with Crippen LogP contribution in [0, 0.1) is 6.92 Å². The van der Waals surface area contributed by atoms with Crippen molar-refractivity contribution in [1.82, 2.24) is 9.62 Å². The Labute approximate surface area is 199 Å². The van der Waals surface area contributed by atoms with E-state index in [1.807, 2.05) is 26.0 Å². The zero-order valence-electron chi connectivity index (χ0n) is 17.8. The summed E-state index contributed by atoms with van der Waals surface area (Å²) in [5, 5.41) is 3.96. The molecular formula is C24H24Cl2N2O3S. The van der Waals surface area contributed by atoms with Crippen LogP contribution in [0.2, 0.25) is 10.0 Å². The molecule has 3 aromatic rings. The summed E-state index contributed by atoms with van der Waals surface area (Å²) >= 11 is 12.0. The summed E-state index contributed by atoms with van der Waals surface area (Å²) < 4.78 is 27.9. The van der Waals surface area contributed by atoms with Crippen LogP contribution in [0.1, 0.15) is 29.7 Å². The third-order valence-electron chi connectivity index (χ3n) is 4.97. The highest BCUT2D eigenvalue weighted by Gasteiger charge is 2.27. The van der Waals surface area contributed by atoms with Crippen LogP contribution in [-0.2, 0) is 21.4 Å². The molecule has 1 atom stereocenters. The fourth-order valence-corrected chi connectivity index (χ4v) is 4.93. The van der Waals surface area contributed by atoms with Crippen molar-refractivity contribution in [3.8, 4) is 0 Å². The number of aryl methyl sites for hydroxylation is 1. The molecule has 0 saturated heterocycles. The van der Waals surface area contributed by atoms with Crippen LogP contribution in [0.25, 0.3) is 0 Å². The Bertz CT molecular complexity index is 1180. The lowest BCUT2D eigenvalue weighted by Gasteiger charge is -2.23. The van der Waals surface area contributed by atoms with Crippen molar-refractivity contribution < 1.29 is 13.2 Å². The van der Waals surface area contributed by atoms with Crippen molar-refractivity contribution in [2.75, 3.05) is 6.54 Å². The van der Waals surface area contributed by atoms with E-state index in [9.17, 15) is 13.2 Å². The first-order valence-corrected chi connectivity index (χ1v) is 12.2. The minimum absolute atomic E-state index is 0.0134. The summed E-state index contributed by atoms with van der Waals surface area (Å²) in [5.41, 5.74) is 2.50. The first-order valence-electron chi connectivity index (χ1n) is 10.0. The zero-order chi connectivity index (χ0) is 23.3. The number of amides is 1. The second-order valence-corrected chi connectivity index (χ2v) is 10.4. The van der Waals surface area contributed by atoms with E-state index in [1.54, 1.807) is 60.7 Å². The molecule has 0 radical (unpaired) electrons. The number of carbonyl (C=O) groups is 1. The Morgan fingerprint density at radius 3 is 2.25 bits per heavy atom. The number of benzene rings is 3. The molecule has 0 saturated carbocycles. The summed E-state index contributed by atoms with van der Waals surface area (Å²) in [5.74, 6) is -0.412. The van der Waals surface area contributed by atoms with E-state index in [2.05, 4.69) is 5.32 Å². The van der Waals surface area contributed by atoms with Crippen molar-refractivity contribution in [2.24, 2.45) is 0 Å². The number of hydrogen-bond donors (Lipinski definition) is 1. The normalized spacial score (nSPS) is 12.5. The largest absolute Gasteiger partial charge is 0.348 e. The minimum Gasteiger partial charge on any atom is -0.348 e. The first-order chi connectivity index (χ1) is 15.1. The molecule has 0 aliphatic carbocycles. The van der Waals surface area contributed by atoms with E-state index in [0.717, 1.165) is 15.4 Å². The van der Waals surface area contributed by atoms with Gasteiger partial charge in [0.1, 0.15) is 0 Å². The maximum atomic E-state index is 13.4. The van der Waals surface area contributed by atoms with Gasteiger partial charge in [-0.2, -0.15) is 4.31 Å². The number of nitrogens with zero attached hydrogens (tertiary/aromatic N) is 1. The highest BCUT2D eigenvalue weighted by Crippen LogP contribution is 2.21. The lowest BCUT2D eigenvalue weighted by atomic mass is 10.1. The summed E-state index contributed by atoms with van der Waals surface area (Å²) in [6.45, 7) is 3.39. The molecule has 3 rings (SSSR count). The SMILES string of the molecule is Cc1ccc(S(=O)(=O)N(CC(=O)N[C@H](C)c2ccc(Cl)cc2)Cc2cccc(Cl)c2)cc1.